The smallest absolute Gasteiger partial charge is 0.336 e. The number of nitrogens with zero attached hydrogens (tertiary/aromatic N) is 1. The van der Waals surface area contributed by atoms with Crippen LogP contribution in [-0.4, -0.2) is 23.2 Å². The van der Waals surface area contributed by atoms with Crippen molar-refractivity contribution in [2.45, 2.75) is 32.6 Å². The van der Waals surface area contributed by atoms with Crippen molar-refractivity contribution in [3.05, 3.63) is 47.7 Å². The molecule has 6 heteroatoms. The van der Waals surface area contributed by atoms with E-state index in [1.54, 1.807) is 30.3 Å². The molecule has 0 radical (unpaired) electrons. The van der Waals surface area contributed by atoms with Gasteiger partial charge in [-0.2, -0.15) is 5.10 Å². The van der Waals surface area contributed by atoms with Crippen molar-refractivity contribution in [2.75, 3.05) is 0 Å². The van der Waals surface area contributed by atoms with Crippen LogP contribution in [0.15, 0.2) is 45.9 Å². The van der Waals surface area contributed by atoms with Crippen molar-refractivity contribution < 1.29 is 19.1 Å². The van der Waals surface area contributed by atoms with Crippen LogP contribution in [0.5, 0.6) is 0 Å². The number of aromatic carboxylic acids is 1. The van der Waals surface area contributed by atoms with Gasteiger partial charge in [0.2, 0.25) is 5.91 Å². The highest BCUT2D eigenvalue weighted by atomic mass is 16.4. The van der Waals surface area contributed by atoms with Crippen molar-refractivity contribution in [3.63, 3.8) is 0 Å². The first-order valence-corrected chi connectivity index (χ1v) is 9.26. The molecule has 1 aromatic heterocycles. The lowest BCUT2D eigenvalue weighted by Gasteiger charge is -2.15. The van der Waals surface area contributed by atoms with Crippen LogP contribution in [0.3, 0.4) is 0 Å². The second-order valence-corrected chi connectivity index (χ2v) is 7.62. The number of hydrazone groups is 1. The number of carboxylic acids is 1. The second-order valence-electron chi connectivity index (χ2n) is 7.62. The summed E-state index contributed by atoms with van der Waals surface area (Å²) in [5.74, 6) is 0.412. The molecule has 2 saturated carbocycles. The number of hydrogen-bond acceptors (Lipinski definition) is 4. The van der Waals surface area contributed by atoms with Crippen LogP contribution in [0.4, 0.5) is 0 Å². The largest absolute Gasteiger partial charge is 0.478 e. The summed E-state index contributed by atoms with van der Waals surface area (Å²) in [5.41, 5.74) is 3.46. The average Bonchev–Trinajstić information content (AvgIpc) is 3.03. The summed E-state index contributed by atoms with van der Waals surface area (Å²) >= 11 is 0. The highest BCUT2D eigenvalue weighted by Gasteiger charge is 2.64. The van der Waals surface area contributed by atoms with E-state index in [-0.39, 0.29) is 22.8 Å². The van der Waals surface area contributed by atoms with Gasteiger partial charge in [0, 0.05) is 11.5 Å². The lowest BCUT2D eigenvalue weighted by Crippen LogP contribution is -2.22. The summed E-state index contributed by atoms with van der Waals surface area (Å²) in [6, 6.07) is 10.0. The number of amides is 1. The molecule has 1 amide bonds. The molecule has 2 aliphatic carbocycles. The zero-order valence-electron chi connectivity index (χ0n) is 15.1. The third-order valence-electron chi connectivity index (χ3n) is 6.03. The first-order valence-electron chi connectivity index (χ1n) is 9.26. The number of furan rings is 1. The van der Waals surface area contributed by atoms with Gasteiger partial charge in [-0.3, -0.25) is 4.79 Å². The molecule has 4 rings (SSSR count). The molecule has 0 saturated heterocycles. The summed E-state index contributed by atoms with van der Waals surface area (Å²) < 4.78 is 5.67. The molecule has 0 aliphatic heterocycles. The maximum Gasteiger partial charge on any atom is 0.336 e. The molecule has 2 N–H and O–H groups in total. The Hall–Kier alpha value is -2.89. The highest BCUT2D eigenvalue weighted by Crippen LogP contribution is 2.66. The first-order chi connectivity index (χ1) is 13.0. The zero-order valence-corrected chi connectivity index (χ0v) is 15.1. The fraction of sp³-hybridized carbons (Fsp3) is 0.381. The van der Waals surface area contributed by atoms with Crippen molar-refractivity contribution in [1.82, 2.24) is 5.43 Å². The Morgan fingerprint density at radius 3 is 2.81 bits per heavy atom. The van der Waals surface area contributed by atoms with Gasteiger partial charge in [0.05, 0.1) is 11.8 Å². The summed E-state index contributed by atoms with van der Waals surface area (Å²) in [6.07, 6.45) is 6.10. The van der Waals surface area contributed by atoms with Crippen LogP contribution in [-0.2, 0) is 4.79 Å². The van der Waals surface area contributed by atoms with Crippen LogP contribution in [0, 0.1) is 17.3 Å². The van der Waals surface area contributed by atoms with E-state index in [1.807, 2.05) is 0 Å². The molecule has 0 unspecified atom stereocenters. The molecular weight excluding hydrogens is 344 g/mol. The Morgan fingerprint density at radius 1 is 1.26 bits per heavy atom. The maximum absolute atomic E-state index is 12.4. The Labute approximate surface area is 157 Å². The fourth-order valence-electron chi connectivity index (χ4n) is 4.53. The van der Waals surface area contributed by atoms with Gasteiger partial charge in [-0.25, -0.2) is 10.2 Å². The zero-order chi connectivity index (χ0) is 19.0. The summed E-state index contributed by atoms with van der Waals surface area (Å²) in [4.78, 5) is 23.7. The molecule has 2 fully saturated rings. The molecule has 1 heterocycles. The Balaban J connectivity index is 1.42. The van der Waals surface area contributed by atoms with Gasteiger partial charge in [-0.15, -0.1) is 0 Å². The number of hydrogen-bond donors (Lipinski definition) is 2. The van der Waals surface area contributed by atoms with E-state index in [9.17, 15) is 14.7 Å². The molecule has 3 atom stereocenters. The van der Waals surface area contributed by atoms with Gasteiger partial charge in [0.25, 0.3) is 0 Å². The summed E-state index contributed by atoms with van der Waals surface area (Å²) in [5, 5.41) is 13.3. The lowest BCUT2D eigenvalue weighted by atomic mass is 9.90. The Kier molecular flexibility index (Phi) is 4.34. The highest BCUT2D eigenvalue weighted by molar-refractivity contribution is 5.95. The van der Waals surface area contributed by atoms with Crippen LogP contribution in [0.25, 0.3) is 11.3 Å². The summed E-state index contributed by atoms with van der Waals surface area (Å²) in [6.45, 7) is 2.20. The van der Waals surface area contributed by atoms with E-state index in [2.05, 4.69) is 17.5 Å². The second kappa shape index (κ2) is 6.68. The van der Waals surface area contributed by atoms with Crippen LogP contribution < -0.4 is 5.43 Å². The predicted molar refractivity (Wildman–Crippen MR) is 100 cm³/mol. The van der Waals surface area contributed by atoms with E-state index in [4.69, 9.17) is 4.42 Å². The number of nitrogens with one attached hydrogen (secondary N) is 1. The molecule has 6 nitrogen and oxygen atoms in total. The van der Waals surface area contributed by atoms with Gasteiger partial charge in [-0.05, 0) is 42.4 Å². The molecular formula is C21H22N2O4. The predicted octanol–water partition coefficient (Wildman–Crippen LogP) is 3.92. The van der Waals surface area contributed by atoms with E-state index >= 15 is 0 Å². The SMILES string of the molecule is C[C@]12CCCC[C@@H]1[C@H]2C(=O)N/N=C\c1ccc(-c2ccccc2C(=O)O)o1. The molecule has 1 aromatic carbocycles. The van der Waals surface area contributed by atoms with E-state index in [0.29, 0.717) is 23.0 Å². The van der Waals surface area contributed by atoms with Crippen molar-refractivity contribution in [1.29, 1.82) is 0 Å². The third-order valence-corrected chi connectivity index (χ3v) is 6.03. The minimum atomic E-state index is -1.01. The molecule has 27 heavy (non-hydrogen) atoms. The topological polar surface area (TPSA) is 91.9 Å². The minimum Gasteiger partial charge on any atom is -0.478 e. The van der Waals surface area contributed by atoms with Crippen LogP contribution in [0.2, 0.25) is 0 Å². The molecule has 140 valence electrons. The average molecular weight is 366 g/mol. The number of benzene rings is 1. The minimum absolute atomic E-state index is 0.0244. The number of carbonyl (C=O) groups is 2. The molecule has 2 aliphatic rings. The van der Waals surface area contributed by atoms with Gasteiger partial charge in [0.1, 0.15) is 11.5 Å². The van der Waals surface area contributed by atoms with Gasteiger partial charge in [0.15, 0.2) is 0 Å². The molecule has 0 spiro atoms. The normalized spacial score (nSPS) is 26.6. The number of fused-ring (bicyclic) bond motifs is 1. The molecule has 2 aromatic rings. The molecule has 0 bridgehead atoms. The van der Waals surface area contributed by atoms with Gasteiger partial charge in [-0.1, -0.05) is 38.0 Å². The Morgan fingerprint density at radius 2 is 2.07 bits per heavy atom. The monoisotopic (exact) mass is 366 g/mol. The van der Waals surface area contributed by atoms with E-state index < -0.39 is 5.97 Å². The van der Waals surface area contributed by atoms with E-state index in [1.165, 1.54) is 25.1 Å². The number of carboxylic acid groups (broad SMARTS) is 1. The Bertz CT molecular complexity index is 916. The van der Waals surface area contributed by atoms with Crippen LogP contribution >= 0.6 is 0 Å². The summed E-state index contributed by atoms with van der Waals surface area (Å²) in [7, 11) is 0. The van der Waals surface area contributed by atoms with Crippen molar-refractivity contribution in [2.24, 2.45) is 22.4 Å². The number of carbonyl (C=O) groups excluding carboxylic acids is 1. The number of rotatable bonds is 5. The third kappa shape index (κ3) is 3.16. The maximum atomic E-state index is 12.4. The van der Waals surface area contributed by atoms with Crippen molar-refractivity contribution in [3.8, 4) is 11.3 Å². The lowest BCUT2D eigenvalue weighted by molar-refractivity contribution is -0.123. The quantitative estimate of drug-likeness (QED) is 0.620. The van der Waals surface area contributed by atoms with Crippen LogP contribution in [0.1, 0.15) is 48.7 Å². The van der Waals surface area contributed by atoms with Gasteiger partial charge < -0.3 is 9.52 Å². The van der Waals surface area contributed by atoms with Crippen molar-refractivity contribution >= 4 is 18.1 Å². The standard InChI is InChI=1S/C21H22N2O4/c1-21-11-5-4-8-16(21)18(21)19(24)23-22-12-13-9-10-17(27-13)14-6-2-3-7-15(14)20(25)26/h2-3,6-7,9-10,12,16,18H,4-5,8,11H2,1H3,(H,23,24)(H,25,26)/b22-12-/t16-,18+,21+/m1/s1. The first kappa shape index (κ1) is 17.5. The van der Waals surface area contributed by atoms with Gasteiger partial charge >= 0.3 is 5.97 Å². The van der Waals surface area contributed by atoms with E-state index in [0.717, 1.165) is 12.8 Å². The fourth-order valence-corrected chi connectivity index (χ4v) is 4.53.